The number of likely N-dealkylation sites (tertiary alicyclic amines) is 1. The van der Waals surface area contributed by atoms with E-state index in [1.54, 1.807) is 0 Å². The summed E-state index contributed by atoms with van der Waals surface area (Å²) in [5, 5.41) is 0. The molecule has 5 nitrogen and oxygen atoms in total. The molecule has 0 saturated carbocycles. The van der Waals surface area contributed by atoms with Crippen LogP contribution in [0.1, 0.15) is 6.42 Å². The van der Waals surface area contributed by atoms with Crippen molar-refractivity contribution in [2.24, 2.45) is 0 Å². The van der Waals surface area contributed by atoms with E-state index in [1.807, 2.05) is 7.05 Å². The van der Waals surface area contributed by atoms with Gasteiger partial charge in [-0.3, -0.25) is 4.18 Å². The quantitative estimate of drug-likeness (QED) is 0.530. The Balaban J connectivity index is 2.16. The topological polar surface area (TPSA) is 58.6 Å². The molecule has 2 heterocycles. The van der Waals surface area contributed by atoms with Crippen LogP contribution in [0.2, 0.25) is 0 Å². The van der Waals surface area contributed by atoms with Gasteiger partial charge in [0.1, 0.15) is 0 Å². The first-order chi connectivity index (χ1) is 5.52. The van der Waals surface area contributed by atoms with Gasteiger partial charge in [-0.25, -0.2) is 0 Å². The highest BCUT2D eigenvalue weighted by atomic mass is 32.2. The van der Waals surface area contributed by atoms with Gasteiger partial charge in [0.15, 0.2) is 0 Å². The maximum absolute atomic E-state index is 10.9. The van der Waals surface area contributed by atoms with Crippen LogP contribution in [0.3, 0.4) is 0 Å². The molecule has 70 valence electrons. The Bertz CT molecular complexity index is 289. The van der Waals surface area contributed by atoms with Crippen LogP contribution in [0.15, 0.2) is 0 Å². The minimum Gasteiger partial charge on any atom is -0.304 e. The number of hydrogen-bond acceptors (Lipinski definition) is 4. The van der Waals surface area contributed by atoms with Crippen molar-refractivity contribution in [3.8, 4) is 0 Å². The average Bonchev–Trinajstić information content (AvgIpc) is 2.41. The molecule has 6 heteroatoms. The summed E-state index contributed by atoms with van der Waals surface area (Å²) < 4.78 is 29.1. The van der Waals surface area contributed by atoms with Gasteiger partial charge in [0, 0.05) is 6.54 Å². The van der Waals surface area contributed by atoms with Crippen molar-refractivity contribution in [1.82, 2.24) is 9.62 Å². The van der Waals surface area contributed by atoms with Crippen LogP contribution >= 0.6 is 0 Å². The van der Waals surface area contributed by atoms with Gasteiger partial charge >= 0.3 is 10.3 Å². The molecule has 0 aromatic carbocycles. The van der Waals surface area contributed by atoms with E-state index < -0.39 is 10.3 Å². The number of rotatable bonds is 0. The predicted octanol–water partition coefficient (Wildman–Crippen LogP) is -1.07. The van der Waals surface area contributed by atoms with E-state index in [-0.39, 0.29) is 12.1 Å². The summed E-state index contributed by atoms with van der Waals surface area (Å²) in [6.07, 6.45) is 0.836. The smallest absolute Gasteiger partial charge is 0.304 e. The first-order valence-corrected chi connectivity index (χ1v) is 5.29. The molecule has 0 amide bonds. The summed E-state index contributed by atoms with van der Waals surface area (Å²) in [6, 6.07) is 0. The summed E-state index contributed by atoms with van der Waals surface area (Å²) in [6.45, 7) is 1.94. The van der Waals surface area contributed by atoms with Gasteiger partial charge < -0.3 is 4.90 Å². The Labute approximate surface area is 71.9 Å². The van der Waals surface area contributed by atoms with Crippen molar-refractivity contribution in [2.45, 2.75) is 12.0 Å². The molecule has 2 aliphatic rings. The molecule has 0 aromatic rings. The fourth-order valence-electron chi connectivity index (χ4n) is 1.80. The molecule has 0 aliphatic carbocycles. The lowest BCUT2D eigenvalue weighted by Crippen LogP contribution is -2.45. The number of hydrogen-bond donors (Lipinski definition) is 1. The maximum atomic E-state index is 10.9. The third-order valence-corrected chi connectivity index (χ3v) is 3.49. The highest BCUT2D eigenvalue weighted by Gasteiger charge is 2.46. The molecule has 12 heavy (non-hydrogen) atoms. The average molecular weight is 192 g/mol. The standard InChI is InChI=1S/C6H12N2O3S/c1-8-3-2-6(4-8)5-11-12(9,10)7-6/h7H,2-5H2,1H3/t6-/m1/s1. The molecular weight excluding hydrogens is 180 g/mol. The van der Waals surface area contributed by atoms with Crippen LogP contribution in [0, 0.1) is 0 Å². The molecule has 2 fully saturated rings. The van der Waals surface area contributed by atoms with E-state index in [1.165, 1.54) is 0 Å². The van der Waals surface area contributed by atoms with Crippen molar-refractivity contribution in [3.05, 3.63) is 0 Å². The van der Waals surface area contributed by atoms with E-state index in [0.29, 0.717) is 0 Å². The summed E-state index contributed by atoms with van der Waals surface area (Å²) in [4.78, 5) is 2.09. The Morgan fingerprint density at radius 3 is 2.75 bits per heavy atom. The minimum atomic E-state index is -3.44. The summed E-state index contributed by atoms with van der Waals surface area (Å²) in [7, 11) is -1.46. The van der Waals surface area contributed by atoms with Crippen molar-refractivity contribution >= 4 is 10.3 Å². The highest BCUT2D eigenvalue weighted by molar-refractivity contribution is 7.85. The largest absolute Gasteiger partial charge is 0.336 e. The van der Waals surface area contributed by atoms with Gasteiger partial charge in [0.2, 0.25) is 0 Å². The van der Waals surface area contributed by atoms with Gasteiger partial charge in [-0.1, -0.05) is 0 Å². The zero-order valence-electron chi connectivity index (χ0n) is 6.91. The van der Waals surface area contributed by atoms with Crippen molar-refractivity contribution in [2.75, 3.05) is 26.7 Å². The van der Waals surface area contributed by atoms with Crippen LogP contribution in [0.4, 0.5) is 0 Å². The van der Waals surface area contributed by atoms with E-state index in [2.05, 4.69) is 13.8 Å². The summed E-state index contributed by atoms with van der Waals surface area (Å²) >= 11 is 0. The maximum Gasteiger partial charge on any atom is 0.336 e. The monoisotopic (exact) mass is 192 g/mol. The molecule has 1 atom stereocenters. The van der Waals surface area contributed by atoms with Crippen molar-refractivity contribution in [3.63, 3.8) is 0 Å². The van der Waals surface area contributed by atoms with E-state index in [0.717, 1.165) is 19.5 Å². The highest BCUT2D eigenvalue weighted by Crippen LogP contribution is 2.26. The molecule has 1 N–H and O–H groups in total. The van der Waals surface area contributed by atoms with E-state index in [4.69, 9.17) is 0 Å². The predicted molar refractivity (Wildman–Crippen MR) is 42.9 cm³/mol. The van der Waals surface area contributed by atoms with Gasteiger partial charge in [0.05, 0.1) is 12.1 Å². The third-order valence-electron chi connectivity index (χ3n) is 2.38. The molecule has 0 radical (unpaired) electrons. The lowest BCUT2D eigenvalue weighted by atomic mass is 10.0. The number of nitrogens with zero attached hydrogens (tertiary/aromatic N) is 1. The van der Waals surface area contributed by atoms with E-state index in [9.17, 15) is 8.42 Å². The molecule has 0 unspecified atom stereocenters. The number of likely N-dealkylation sites (N-methyl/N-ethyl adjacent to an activating group) is 1. The van der Waals surface area contributed by atoms with Crippen LogP contribution in [-0.2, 0) is 14.5 Å². The third kappa shape index (κ3) is 1.35. The zero-order valence-corrected chi connectivity index (χ0v) is 7.73. The molecule has 0 aromatic heterocycles. The minimum absolute atomic E-state index is 0.277. The van der Waals surface area contributed by atoms with Crippen molar-refractivity contribution < 1.29 is 12.6 Å². The molecule has 2 saturated heterocycles. The normalized spacial score (nSPS) is 41.1. The number of nitrogens with one attached hydrogen (secondary N) is 1. The van der Waals surface area contributed by atoms with Gasteiger partial charge in [-0.15, -0.1) is 0 Å². The van der Waals surface area contributed by atoms with Gasteiger partial charge in [0.25, 0.3) is 0 Å². The Morgan fingerprint density at radius 1 is 1.58 bits per heavy atom. The van der Waals surface area contributed by atoms with Crippen LogP contribution < -0.4 is 4.72 Å². The Kier molecular flexibility index (Phi) is 1.69. The molecule has 1 spiro atoms. The lowest BCUT2D eigenvalue weighted by molar-refractivity contribution is 0.266. The van der Waals surface area contributed by atoms with Crippen molar-refractivity contribution in [1.29, 1.82) is 0 Å². The lowest BCUT2D eigenvalue weighted by Gasteiger charge is -2.18. The SMILES string of the molecule is CN1CC[C@]2(COS(=O)(=O)N2)C1. The van der Waals surface area contributed by atoms with E-state index >= 15 is 0 Å². The Morgan fingerprint density at radius 2 is 2.33 bits per heavy atom. The first kappa shape index (κ1) is 8.43. The molecule has 2 aliphatic heterocycles. The first-order valence-electron chi connectivity index (χ1n) is 3.88. The Hall–Kier alpha value is -0.170. The van der Waals surface area contributed by atoms with Gasteiger partial charge in [-0.2, -0.15) is 13.1 Å². The fraction of sp³-hybridized carbons (Fsp3) is 1.00. The fourth-order valence-corrected chi connectivity index (χ4v) is 2.99. The second-order valence-electron chi connectivity index (χ2n) is 3.59. The summed E-state index contributed by atoms with van der Waals surface area (Å²) in [5.74, 6) is 0. The van der Waals surface area contributed by atoms with Gasteiger partial charge in [-0.05, 0) is 20.0 Å². The van der Waals surface area contributed by atoms with Crippen LogP contribution in [0.5, 0.6) is 0 Å². The second-order valence-corrected chi connectivity index (χ2v) is 4.93. The molecule has 0 bridgehead atoms. The zero-order chi connectivity index (χ0) is 8.82. The molecular formula is C6H12N2O3S. The van der Waals surface area contributed by atoms with Crippen LogP contribution in [-0.4, -0.2) is 45.6 Å². The second kappa shape index (κ2) is 2.41. The summed E-state index contributed by atoms with van der Waals surface area (Å²) in [5.41, 5.74) is -0.340. The van der Waals surface area contributed by atoms with Crippen LogP contribution in [0.25, 0.3) is 0 Å². The molecule has 2 rings (SSSR count).